The molecule has 0 bridgehead atoms. The number of hydrogen-bond donors (Lipinski definition) is 1. The molecule has 116 valence electrons. The van der Waals surface area contributed by atoms with Gasteiger partial charge in [0.2, 0.25) is 0 Å². The van der Waals surface area contributed by atoms with Gasteiger partial charge in [0.1, 0.15) is 0 Å². The lowest BCUT2D eigenvalue weighted by molar-refractivity contribution is 0.0648. The maximum atomic E-state index is 12.9. The summed E-state index contributed by atoms with van der Waals surface area (Å²) in [5.74, 6) is 0.118. The zero-order chi connectivity index (χ0) is 15.2. The fraction of sp³-hybridized carbons (Fsp3) is 0.647. The van der Waals surface area contributed by atoms with Gasteiger partial charge >= 0.3 is 0 Å². The Labute approximate surface area is 127 Å². The highest BCUT2D eigenvalue weighted by Crippen LogP contribution is 2.25. The fourth-order valence-corrected chi connectivity index (χ4v) is 3.18. The first kappa shape index (κ1) is 15.8. The predicted octanol–water partition coefficient (Wildman–Crippen LogP) is 3.62. The Bertz CT molecular complexity index is 481. The van der Waals surface area contributed by atoms with Crippen LogP contribution in [0.2, 0.25) is 0 Å². The lowest BCUT2D eigenvalue weighted by Gasteiger charge is -2.34. The number of anilines is 1. The Morgan fingerprint density at radius 1 is 1.33 bits per heavy atom. The second-order valence-electron chi connectivity index (χ2n) is 5.78. The van der Waals surface area contributed by atoms with Gasteiger partial charge in [0, 0.05) is 31.0 Å². The zero-order valence-corrected chi connectivity index (χ0v) is 13.5. The maximum absolute atomic E-state index is 12.9. The van der Waals surface area contributed by atoms with Crippen LogP contribution in [-0.4, -0.2) is 34.9 Å². The van der Waals surface area contributed by atoms with Gasteiger partial charge in [0.05, 0.1) is 11.3 Å². The van der Waals surface area contributed by atoms with Crippen molar-refractivity contribution in [1.82, 2.24) is 9.88 Å². The highest BCUT2D eigenvalue weighted by molar-refractivity contribution is 5.99. The van der Waals surface area contributed by atoms with E-state index in [0.717, 1.165) is 37.3 Å². The average molecular weight is 289 g/mol. The Morgan fingerprint density at radius 2 is 2.05 bits per heavy atom. The standard InChI is InChI=1S/C17H27N3O/c1-4-18-16-11-13(3)19-12-15(16)17(21)20(5-2)14-9-7-6-8-10-14/h11-12,14H,4-10H2,1-3H3,(H,18,19). The van der Waals surface area contributed by atoms with Crippen molar-refractivity contribution in [1.29, 1.82) is 0 Å². The van der Waals surface area contributed by atoms with E-state index in [0.29, 0.717) is 11.6 Å². The largest absolute Gasteiger partial charge is 0.385 e. The van der Waals surface area contributed by atoms with Gasteiger partial charge in [0.15, 0.2) is 0 Å². The van der Waals surface area contributed by atoms with Gasteiger partial charge in [-0.2, -0.15) is 0 Å². The molecule has 0 aliphatic heterocycles. The molecule has 4 nitrogen and oxygen atoms in total. The van der Waals surface area contributed by atoms with E-state index in [9.17, 15) is 4.79 Å². The van der Waals surface area contributed by atoms with E-state index in [1.807, 2.05) is 24.8 Å². The van der Waals surface area contributed by atoms with Crippen molar-refractivity contribution in [3.8, 4) is 0 Å². The van der Waals surface area contributed by atoms with Crippen molar-refractivity contribution in [3.63, 3.8) is 0 Å². The van der Waals surface area contributed by atoms with Gasteiger partial charge < -0.3 is 10.2 Å². The van der Waals surface area contributed by atoms with E-state index < -0.39 is 0 Å². The number of aromatic nitrogens is 1. The lowest BCUT2D eigenvalue weighted by atomic mass is 9.93. The minimum atomic E-state index is 0.118. The summed E-state index contributed by atoms with van der Waals surface area (Å²) in [6, 6.07) is 2.36. The van der Waals surface area contributed by atoms with Gasteiger partial charge in [-0.05, 0) is 39.7 Å². The first-order valence-electron chi connectivity index (χ1n) is 8.18. The number of aryl methyl sites for hydroxylation is 1. The number of nitrogens with one attached hydrogen (secondary N) is 1. The quantitative estimate of drug-likeness (QED) is 0.900. The molecule has 21 heavy (non-hydrogen) atoms. The monoisotopic (exact) mass is 289 g/mol. The summed E-state index contributed by atoms with van der Waals surface area (Å²) >= 11 is 0. The predicted molar refractivity (Wildman–Crippen MR) is 86.7 cm³/mol. The molecule has 1 amide bonds. The Morgan fingerprint density at radius 3 is 2.67 bits per heavy atom. The van der Waals surface area contributed by atoms with Crippen molar-refractivity contribution in [3.05, 3.63) is 23.5 Å². The number of carbonyl (C=O) groups is 1. The van der Waals surface area contributed by atoms with Crippen LogP contribution in [0.1, 0.15) is 62.0 Å². The summed E-state index contributed by atoms with van der Waals surface area (Å²) in [4.78, 5) is 19.3. The molecule has 0 saturated heterocycles. The second-order valence-corrected chi connectivity index (χ2v) is 5.78. The molecular weight excluding hydrogens is 262 g/mol. The normalized spacial score (nSPS) is 15.8. The van der Waals surface area contributed by atoms with Gasteiger partial charge in [-0.15, -0.1) is 0 Å². The van der Waals surface area contributed by atoms with E-state index in [1.165, 1.54) is 19.3 Å². The zero-order valence-electron chi connectivity index (χ0n) is 13.5. The summed E-state index contributed by atoms with van der Waals surface area (Å²) in [6.07, 6.45) is 7.77. The van der Waals surface area contributed by atoms with E-state index in [-0.39, 0.29) is 5.91 Å². The molecule has 1 fully saturated rings. The molecule has 2 rings (SSSR count). The molecule has 1 aromatic rings. The van der Waals surface area contributed by atoms with Crippen molar-refractivity contribution in [2.45, 2.75) is 58.9 Å². The summed E-state index contributed by atoms with van der Waals surface area (Å²) in [5.41, 5.74) is 2.54. The van der Waals surface area contributed by atoms with Crippen LogP contribution in [0.15, 0.2) is 12.3 Å². The van der Waals surface area contributed by atoms with Crippen LogP contribution < -0.4 is 5.32 Å². The third kappa shape index (κ3) is 3.74. The SMILES string of the molecule is CCNc1cc(C)ncc1C(=O)N(CC)C1CCCCC1. The van der Waals surface area contributed by atoms with Crippen LogP contribution in [0.5, 0.6) is 0 Å². The van der Waals surface area contributed by atoms with Crippen LogP contribution in [0.4, 0.5) is 5.69 Å². The van der Waals surface area contributed by atoms with E-state index >= 15 is 0 Å². The molecule has 0 radical (unpaired) electrons. The number of pyridine rings is 1. The molecule has 4 heteroatoms. The number of nitrogens with zero attached hydrogens (tertiary/aromatic N) is 2. The summed E-state index contributed by atoms with van der Waals surface area (Å²) in [6.45, 7) is 7.64. The number of rotatable bonds is 5. The topological polar surface area (TPSA) is 45.2 Å². The fourth-order valence-electron chi connectivity index (χ4n) is 3.18. The van der Waals surface area contributed by atoms with Crippen molar-refractivity contribution in [2.75, 3.05) is 18.4 Å². The van der Waals surface area contributed by atoms with Crippen LogP contribution in [0, 0.1) is 6.92 Å². The van der Waals surface area contributed by atoms with Gasteiger partial charge in [-0.3, -0.25) is 9.78 Å². The molecule has 0 atom stereocenters. The minimum Gasteiger partial charge on any atom is -0.385 e. The smallest absolute Gasteiger partial charge is 0.257 e. The molecule has 0 spiro atoms. The molecule has 1 N–H and O–H groups in total. The van der Waals surface area contributed by atoms with Gasteiger partial charge in [-0.25, -0.2) is 0 Å². The van der Waals surface area contributed by atoms with E-state index in [2.05, 4.69) is 17.2 Å². The molecule has 1 heterocycles. The molecule has 0 aromatic carbocycles. The van der Waals surface area contributed by atoms with Crippen molar-refractivity contribution < 1.29 is 4.79 Å². The number of amides is 1. The molecular formula is C17H27N3O. The van der Waals surface area contributed by atoms with Crippen molar-refractivity contribution >= 4 is 11.6 Å². The Hall–Kier alpha value is -1.58. The van der Waals surface area contributed by atoms with Crippen LogP contribution in [0.3, 0.4) is 0 Å². The summed E-state index contributed by atoms with van der Waals surface area (Å²) in [5, 5.41) is 3.29. The first-order chi connectivity index (χ1) is 10.2. The van der Waals surface area contributed by atoms with Crippen LogP contribution in [-0.2, 0) is 0 Å². The molecule has 1 aliphatic rings. The van der Waals surface area contributed by atoms with Gasteiger partial charge in [-0.1, -0.05) is 19.3 Å². The summed E-state index contributed by atoms with van der Waals surface area (Å²) in [7, 11) is 0. The van der Waals surface area contributed by atoms with Crippen LogP contribution >= 0.6 is 0 Å². The second kappa shape index (κ2) is 7.43. The van der Waals surface area contributed by atoms with E-state index in [1.54, 1.807) is 6.20 Å². The molecule has 1 aliphatic carbocycles. The average Bonchev–Trinajstić information content (AvgIpc) is 2.49. The number of carbonyl (C=O) groups excluding carboxylic acids is 1. The lowest BCUT2D eigenvalue weighted by Crippen LogP contribution is -2.41. The highest BCUT2D eigenvalue weighted by Gasteiger charge is 2.26. The molecule has 0 unspecified atom stereocenters. The molecule has 1 aromatic heterocycles. The minimum absolute atomic E-state index is 0.118. The van der Waals surface area contributed by atoms with E-state index in [4.69, 9.17) is 0 Å². The summed E-state index contributed by atoms with van der Waals surface area (Å²) < 4.78 is 0. The van der Waals surface area contributed by atoms with Crippen molar-refractivity contribution in [2.24, 2.45) is 0 Å². The first-order valence-corrected chi connectivity index (χ1v) is 8.18. The highest BCUT2D eigenvalue weighted by atomic mass is 16.2. The Kier molecular flexibility index (Phi) is 5.59. The molecule has 1 saturated carbocycles. The number of hydrogen-bond acceptors (Lipinski definition) is 3. The van der Waals surface area contributed by atoms with Gasteiger partial charge in [0.25, 0.3) is 5.91 Å². The maximum Gasteiger partial charge on any atom is 0.257 e. The Balaban J connectivity index is 2.24. The third-order valence-electron chi connectivity index (χ3n) is 4.26. The van der Waals surface area contributed by atoms with Crippen LogP contribution in [0.25, 0.3) is 0 Å². The third-order valence-corrected chi connectivity index (χ3v) is 4.26.